The van der Waals surface area contributed by atoms with Gasteiger partial charge >= 0.3 is 0 Å². The van der Waals surface area contributed by atoms with Gasteiger partial charge in [0.05, 0.1) is 25.6 Å². The number of nitro groups is 1. The second-order valence-corrected chi connectivity index (χ2v) is 5.70. The number of aromatic nitrogens is 1. The zero-order valence-corrected chi connectivity index (χ0v) is 12.1. The van der Waals surface area contributed by atoms with E-state index in [1.165, 1.54) is 11.3 Å². The number of hydrogen-bond donors (Lipinski definition) is 0. The van der Waals surface area contributed by atoms with Crippen molar-refractivity contribution >= 4 is 28.9 Å². The molecule has 0 atom stereocenters. The number of halogens is 1. The van der Waals surface area contributed by atoms with Crippen LogP contribution in [0.25, 0.3) is 0 Å². The summed E-state index contributed by atoms with van der Waals surface area (Å²) in [6, 6.07) is 0. The Morgan fingerprint density at radius 2 is 2.32 bits per heavy atom. The van der Waals surface area contributed by atoms with Crippen LogP contribution in [-0.4, -0.2) is 58.1 Å². The molecule has 0 aromatic carbocycles. The molecule has 10 heteroatoms. The van der Waals surface area contributed by atoms with Gasteiger partial charge in [-0.05, 0) is 7.05 Å². The molecule has 8 nitrogen and oxygen atoms in total. The molecular weight excluding hydrogens is 292 g/mol. The smallest absolute Gasteiger partial charge is 0.276 e. The van der Waals surface area contributed by atoms with E-state index in [-0.39, 0.29) is 0 Å². The molecule has 0 aliphatic carbocycles. The highest BCUT2D eigenvalue weighted by Crippen LogP contribution is 2.18. The van der Waals surface area contributed by atoms with E-state index in [0.717, 1.165) is 5.69 Å². The number of hydrazone groups is 1. The molecule has 0 radical (unpaired) electrons. The average molecular weight is 305 g/mol. The van der Waals surface area contributed by atoms with Crippen LogP contribution in [0.5, 0.6) is 0 Å². The fourth-order valence-corrected chi connectivity index (χ4v) is 2.72. The number of thiazole rings is 1. The Bertz CT molecular complexity index is 507. The molecule has 1 aromatic rings. The van der Waals surface area contributed by atoms with Gasteiger partial charge in [0.25, 0.3) is 5.96 Å². The van der Waals surface area contributed by atoms with Gasteiger partial charge in [-0.2, -0.15) is 0 Å². The van der Waals surface area contributed by atoms with Crippen molar-refractivity contribution < 1.29 is 5.03 Å². The first-order valence-corrected chi connectivity index (χ1v) is 6.69. The summed E-state index contributed by atoms with van der Waals surface area (Å²) in [6.07, 6.45) is 0. The minimum Gasteiger partial charge on any atom is -0.328 e. The SMILES string of the molecule is CN1CN(C)C(=N[N+](=O)[O-])N(Cc2csc(Cl)n2)C1. The van der Waals surface area contributed by atoms with Gasteiger partial charge in [-0.25, -0.2) is 15.1 Å². The Kier molecular flexibility index (Phi) is 4.17. The van der Waals surface area contributed by atoms with Crippen LogP contribution in [0.2, 0.25) is 4.47 Å². The summed E-state index contributed by atoms with van der Waals surface area (Å²) in [5, 5.41) is 15.2. The number of nitrogens with zero attached hydrogens (tertiary/aromatic N) is 6. The van der Waals surface area contributed by atoms with Crippen molar-refractivity contribution in [2.75, 3.05) is 27.4 Å². The fourth-order valence-electron chi connectivity index (χ4n) is 1.95. The monoisotopic (exact) mass is 304 g/mol. The molecule has 1 fully saturated rings. The molecule has 1 saturated heterocycles. The van der Waals surface area contributed by atoms with Gasteiger partial charge in [0.15, 0.2) is 9.50 Å². The van der Waals surface area contributed by atoms with Crippen LogP contribution in [-0.2, 0) is 6.54 Å². The van der Waals surface area contributed by atoms with Crippen molar-refractivity contribution in [2.24, 2.45) is 5.10 Å². The topological polar surface area (TPSA) is 78.1 Å². The Hall–Kier alpha value is -1.45. The number of hydrogen-bond acceptors (Lipinski definition) is 5. The predicted molar refractivity (Wildman–Crippen MR) is 72.4 cm³/mol. The van der Waals surface area contributed by atoms with E-state index in [9.17, 15) is 10.1 Å². The number of rotatable bonds is 3. The van der Waals surface area contributed by atoms with Gasteiger partial charge in [-0.3, -0.25) is 4.90 Å². The van der Waals surface area contributed by atoms with E-state index in [4.69, 9.17) is 11.6 Å². The molecular formula is C9H13ClN6O2S. The van der Waals surface area contributed by atoms with Crippen molar-refractivity contribution in [1.29, 1.82) is 0 Å². The Morgan fingerprint density at radius 1 is 1.58 bits per heavy atom. The summed E-state index contributed by atoms with van der Waals surface area (Å²) in [5.74, 6) is 0.326. The van der Waals surface area contributed by atoms with Crippen LogP contribution >= 0.6 is 22.9 Å². The molecule has 1 aromatic heterocycles. The van der Waals surface area contributed by atoms with Crippen LogP contribution in [0, 0.1) is 10.1 Å². The lowest BCUT2D eigenvalue weighted by Gasteiger charge is -2.39. The highest BCUT2D eigenvalue weighted by atomic mass is 35.5. The summed E-state index contributed by atoms with van der Waals surface area (Å²) in [5.41, 5.74) is 0.773. The Labute approximate surface area is 119 Å². The Morgan fingerprint density at radius 3 is 2.89 bits per heavy atom. The van der Waals surface area contributed by atoms with Crippen molar-refractivity contribution in [2.45, 2.75) is 6.54 Å². The van der Waals surface area contributed by atoms with Gasteiger partial charge in [-0.1, -0.05) is 11.6 Å². The molecule has 1 aliphatic heterocycles. The van der Waals surface area contributed by atoms with Gasteiger partial charge in [0.2, 0.25) is 0 Å². The molecule has 2 heterocycles. The lowest BCUT2D eigenvalue weighted by atomic mass is 10.4. The van der Waals surface area contributed by atoms with Gasteiger partial charge in [-0.15, -0.1) is 11.3 Å². The van der Waals surface area contributed by atoms with E-state index in [1.807, 2.05) is 17.3 Å². The van der Waals surface area contributed by atoms with E-state index >= 15 is 0 Å². The zero-order valence-electron chi connectivity index (χ0n) is 10.5. The molecule has 0 saturated carbocycles. The third-order valence-electron chi connectivity index (χ3n) is 2.54. The molecule has 0 amide bonds. The van der Waals surface area contributed by atoms with Gasteiger partial charge < -0.3 is 9.80 Å². The first-order valence-electron chi connectivity index (χ1n) is 5.43. The first kappa shape index (κ1) is 14.0. The van der Waals surface area contributed by atoms with E-state index in [2.05, 4.69) is 10.1 Å². The van der Waals surface area contributed by atoms with Crippen LogP contribution in [0.1, 0.15) is 5.69 Å². The maximum absolute atomic E-state index is 10.6. The maximum Gasteiger partial charge on any atom is 0.276 e. The second-order valence-electron chi connectivity index (χ2n) is 4.26. The van der Waals surface area contributed by atoms with Crippen LogP contribution in [0.15, 0.2) is 10.5 Å². The second kappa shape index (κ2) is 5.68. The molecule has 19 heavy (non-hydrogen) atoms. The molecule has 1 aliphatic rings. The molecule has 0 N–H and O–H groups in total. The number of guanidine groups is 1. The van der Waals surface area contributed by atoms with Crippen LogP contribution < -0.4 is 0 Å². The quantitative estimate of drug-likeness (QED) is 0.611. The summed E-state index contributed by atoms with van der Waals surface area (Å²) in [6.45, 7) is 1.57. The normalized spacial score (nSPS) is 19.2. The van der Waals surface area contributed by atoms with Crippen molar-refractivity contribution in [1.82, 2.24) is 19.7 Å². The highest BCUT2D eigenvalue weighted by molar-refractivity contribution is 7.13. The fraction of sp³-hybridized carbons (Fsp3) is 0.556. The van der Waals surface area contributed by atoms with E-state index in [1.54, 1.807) is 16.8 Å². The minimum absolute atomic E-state index is 0.326. The third kappa shape index (κ3) is 3.52. The van der Waals surface area contributed by atoms with Crippen molar-refractivity contribution in [3.63, 3.8) is 0 Å². The van der Waals surface area contributed by atoms with Crippen molar-refractivity contribution in [3.8, 4) is 0 Å². The molecule has 0 spiro atoms. The molecule has 0 unspecified atom stereocenters. The summed E-state index contributed by atoms with van der Waals surface area (Å²) < 4.78 is 0.460. The zero-order chi connectivity index (χ0) is 14.0. The maximum atomic E-state index is 10.6. The molecule has 2 rings (SSSR count). The van der Waals surface area contributed by atoms with E-state index in [0.29, 0.717) is 30.3 Å². The standard InChI is InChI=1S/C9H13ClN6O2S/c1-13-5-14(2)9(12-16(17)18)15(6-13)3-7-4-19-8(10)11-7/h4H,3,5-6H2,1-2H3. The molecule has 0 bridgehead atoms. The van der Waals surface area contributed by atoms with Gasteiger partial charge in [0.1, 0.15) is 5.10 Å². The predicted octanol–water partition coefficient (Wildman–Crippen LogP) is 0.938. The highest BCUT2D eigenvalue weighted by Gasteiger charge is 2.27. The summed E-state index contributed by atoms with van der Waals surface area (Å²) >= 11 is 7.12. The summed E-state index contributed by atoms with van der Waals surface area (Å²) in [7, 11) is 3.69. The Balaban J connectivity index is 2.20. The summed E-state index contributed by atoms with van der Waals surface area (Å²) in [4.78, 5) is 20.3. The largest absolute Gasteiger partial charge is 0.328 e. The lowest BCUT2D eigenvalue weighted by molar-refractivity contribution is -0.486. The lowest BCUT2D eigenvalue weighted by Crippen LogP contribution is -2.56. The van der Waals surface area contributed by atoms with E-state index < -0.39 is 5.03 Å². The molecule has 104 valence electrons. The first-order chi connectivity index (χ1) is 8.95. The van der Waals surface area contributed by atoms with Crippen molar-refractivity contribution in [3.05, 3.63) is 25.7 Å². The third-order valence-corrected chi connectivity index (χ3v) is 3.57. The van der Waals surface area contributed by atoms with Crippen LogP contribution in [0.3, 0.4) is 0 Å². The average Bonchev–Trinajstić information content (AvgIpc) is 2.69. The van der Waals surface area contributed by atoms with Crippen LogP contribution in [0.4, 0.5) is 0 Å². The van der Waals surface area contributed by atoms with Gasteiger partial charge in [0, 0.05) is 12.4 Å². The minimum atomic E-state index is -0.682.